The highest BCUT2D eigenvalue weighted by atomic mass is 19.1. The molecule has 0 aliphatic heterocycles. The summed E-state index contributed by atoms with van der Waals surface area (Å²) in [4.78, 5) is 0. The molecule has 0 aliphatic carbocycles. The maximum Gasteiger partial charge on any atom is 0.0991 e. The fourth-order valence-electron chi connectivity index (χ4n) is 1.18. The lowest BCUT2D eigenvalue weighted by molar-refractivity contribution is 0.459. The van der Waals surface area contributed by atoms with Gasteiger partial charge in [-0.1, -0.05) is 12.1 Å². The average molecular weight is 192 g/mol. The summed E-state index contributed by atoms with van der Waals surface area (Å²) in [7, 11) is 0. The van der Waals surface area contributed by atoms with Crippen molar-refractivity contribution in [1.29, 1.82) is 5.26 Å². The van der Waals surface area contributed by atoms with Crippen LogP contribution in [0.3, 0.4) is 0 Å². The second-order valence-corrected chi connectivity index (χ2v) is 3.03. The van der Waals surface area contributed by atoms with Gasteiger partial charge in [0, 0.05) is 6.54 Å². The number of alkyl halides is 1. The molecule has 0 radical (unpaired) electrons. The molecule has 0 spiro atoms. The molecule has 74 valence electrons. The number of nitrogens with zero attached hydrogens (tertiary/aromatic N) is 1. The second-order valence-electron chi connectivity index (χ2n) is 3.03. The van der Waals surface area contributed by atoms with E-state index in [9.17, 15) is 4.39 Å². The number of nitriles is 1. The van der Waals surface area contributed by atoms with Crippen molar-refractivity contribution in [3.05, 3.63) is 35.4 Å². The number of benzene rings is 1. The first-order chi connectivity index (χ1) is 6.86. The lowest BCUT2D eigenvalue weighted by Gasteiger charge is -2.03. The van der Waals surface area contributed by atoms with Crippen LogP contribution in [0.4, 0.5) is 4.39 Å². The van der Waals surface area contributed by atoms with Crippen LogP contribution in [0.5, 0.6) is 0 Å². The molecule has 3 heteroatoms. The van der Waals surface area contributed by atoms with Gasteiger partial charge >= 0.3 is 0 Å². The van der Waals surface area contributed by atoms with Gasteiger partial charge in [0.25, 0.3) is 0 Å². The summed E-state index contributed by atoms with van der Waals surface area (Å²) >= 11 is 0. The molecule has 0 bridgehead atoms. The Morgan fingerprint density at radius 3 is 3.00 bits per heavy atom. The van der Waals surface area contributed by atoms with Crippen LogP contribution in [0.1, 0.15) is 17.5 Å². The number of hydrogen-bond donors (Lipinski definition) is 1. The summed E-state index contributed by atoms with van der Waals surface area (Å²) < 4.78 is 11.8. The molecule has 0 aliphatic rings. The molecule has 1 aromatic carbocycles. The average Bonchev–Trinajstić information content (AvgIpc) is 2.25. The quantitative estimate of drug-likeness (QED) is 0.724. The van der Waals surface area contributed by atoms with Gasteiger partial charge in [-0.2, -0.15) is 5.26 Å². The smallest absolute Gasteiger partial charge is 0.0991 e. The van der Waals surface area contributed by atoms with Gasteiger partial charge in [-0.25, -0.2) is 0 Å². The SMILES string of the molecule is N#Cc1cccc(CNCCCF)c1. The van der Waals surface area contributed by atoms with Crippen molar-refractivity contribution >= 4 is 0 Å². The molecule has 0 amide bonds. The molecule has 1 rings (SSSR count). The third-order valence-electron chi connectivity index (χ3n) is 1.87. The summed E-state index contributed by atoms with van der Waals surface area (Å²) in [6.07, 6.45) is 0.540. The minimum Gasteiger partial charge on any atom is -0.313 e. The molecule has 0 saturated heterocycles. The van der Waals surface area contributed by atoms with Crippen molar-refractivity contribution in [1.82, 2.24) is 5.32 Å². The van der Waals surface area contributed by atoms with Gasteiger partial charge in [-0.15, -0.1) is 0 Å². The van der Waals surface area contributed by atoms with Gasteiger partial charge < -0.3 is 5.32 Å². The lowest BCUT2D eigenvalue weighted by Crippen LogP contribution is -2.15. The highest BCUT2D eigenvalue weighted by Crippen LogP contribution is 2.03. The van der Waals surface area contributed by atoms with Gasteiger partial charge in [0.15, 0.2) is 0 Å². The van der Waals surface area contributed by atoms with Gasteiger partial charge in [0.1, 0.15) is 0 Å². The summed E-state index contributed by atoms with van der Waals surface area (Å²) in [5.74, 6) is 0. The van der Waals surface area contributed by atoms with E-state index in [0.717, 1.165) is 5.56 Å². The first-order valence-corrected chi connectivity index (χ1v) is 4.62. The van der Waals surface area contributed by atoms with Crippen molar-refractivity contribution in [2.24, 2.45) is 0 Å². The van der Waals surface area contributed by atoms with Crippen molar-refractivity contribution in [3.63, 3.8) is 0 Å². The Labute approximate surface area is 83.4 Å². The summed E-state index contributed by atoms with van der Waals surface area (Å²) in [6, 6.07) is 9.49. The first-order valence-electron chi connectivity index (χ1n) is 4.62. The zero-order valence-electron chi connectivity index (χ0n) is 7.96. The van der Waals surface area contributed by atoms with E-state index in [-0.39, 0.29) is 6.67 Å². The Morgan fingerprint density at radius 1 is 1.43 bits per heavy atom. The molecule has 0 saturated carbocycles. The summed E-state index contributed by atoms with van der Waals surface area (Å²) in [5.41, 5.74) is 1.72. The van der Waals surface area contributed by atoms with Crippen LogP contribution < -0.4 is 5.32 Å². The van der Waals surface area contributed by atoms with Crippen molar-refractivity contribution in [3.8, 4) is 6.07 Å². The Bertz CT molecular complexity index is 317. The lowest BCUT2D eigenvalue weighted by atomic mass is 10.1. The predicted molar refractivity (Wildman–Crippen MR) is 53.5 cm³/mol. The molecule has 1 N–H and O–H groups in total. The van der Waals surface area contributed by atoms with Crippen LogP contribution in [-0.2, 0) is 6.54 Å². The molecule has 1 aromatic rings. The number of rotatable bonds is 5. The van der Waals surface area contributed by atoms with Crippen molar-refractivity contribution < 1.29 is 4.39 Å². The molecular formula is C11H13FN2. The minimum atomic E-state index is -0.286. The highest BCUT2D eigenvalue weighted by molar-refractivity contribution is 5.32. The van der Waals surface area contributed by atoms with E-state index in [1.807, 2.05) is 18.2 Å². The van der Waals surface area contributed by atoms with E-state index in [1.54, 1.807) is 6.07 Å². The van der Waals surface area contributed by atoms with Crippen LogP contribution in [0.15, 0.2) is 24.3 Å². The molecule has 0 unspecified atom stereocenters. The van der Waals surface area contributed by atoms with Crippen LogP contribution in [0.25, 0.3) is 0 Å². The molecule has 0 fully saturated rings. The van der Waals surface area contributed by atoms with Gasteiger partial charge in [-0.05, 0) is 30.7 Å². The van der Waals surface area contributed by atoms with Crippen molar-refractivity contribution in [2.45, 2.75) is 13.0 Å². The normalized spacial score (nSPS) is 9.71. The van der Waals surface area contributed by atoms with E-state index in [0.29, 0.717) is 25.1 Å². The zero-order valence-corrected chi connectivity index (χ0v) is 7.96. The van der Waals surface area contributed by atoms with E-state index in [4.69, 9.17) is 5.26 Å². The Balaban J connectivity index is 2.39. The first kappa shape index (κ1) is 10.7. The van der Waals surface area contributed by atoms with E-state index in [2.05, 4.69) is 11.4 Å². The van der Waals surface area contributed by atoms with Gasteiger partial charge in [0.05, 0.1) is 18.3 Å². The van der Waals surface area contributed by atoms with Crippen LogP contribution in [0.2, 0.25) is 0 Å². The van der Waals surface area contributed by atoms with Crippen LogP contribution in [-0.4, -0.2) is 13.2 Å². The van der Waals surface area contributed by atoms with Crippen LogP contribution in [0, 0.1) is 11.3 Å². The Kier molecular flexibility index (Phi) is 4.66. The predicted octanol–water partition coefficient (Wildman–Crippen LogP) is 2.01. The monoisotopic (exact) mass is 192 g/mol. The van der Waals surface area contributed by atoms with E-state index in [1.165, 1.54) is 0 Å². The third kappa shape index (κ3) is 3.55. The summed E-state index contributed by atoms with van der Waals surface area (Å²) in [6.45, 7) is 1.08. The Hall–Kier alpha value is -1.40. The number of nitrogens with one attached hydrogen (secondary N) is 1. The standard InChI is InChI=1S/C11H13FN2/c12-5-2-6-14-9-11-4-1-3-10(7-11)8-13/h1,3-4,7,14H,2,5-6,9H2. The fourth-order valence-corrected chi connectivity index (χ4v) is 1.18. The molecule has 0 heterocycles. The van der Waals surface area contributed by atoms with Gasteiger partial charge in [0.2, 0.25) is 0 Å². The largest absolute Gasteiger partial charge is 0.313 e. The van der Waals surface area contributed by atoms with Crippen LogP contribution >= 0.6 is 0 Å². The fraction of sp³-hybridized carbons (Fsp3) is 0.364. The van der Waals surface area contributed by atoms with E-state index >= 15 is 0 Å². The molecule has 0 atom stereocenters. The van der Waals surface area contributed by atoms with E-state index < -0.39 is 0 Å². The second kappa shape index (κ2) is 6.11. The molecule has 2 nitrogen and oxygen atoms in total. The maximum absolute atomic E-state index is 11.8. The number of hydrogen-bond acceptors (Lipinski definition) is 2. The molecule has 0 aromatic heterocycles. The summed E-state index contributed by atoms with van der Waals surface area (Å²) in [5, 5.41) is 11.8. The maximum atomic E-state index is 11.8. The zero-order chi connectivity index (χ0) is 10.2. The Morgan fingerprint density at radius 2 is 2.29 bits per heavy atom. The molecule has 14 heavy (non-hydrogen) atoms. The van der Waals surface area contributed by atoms with Crippen molar-refractivity contribution in [2.75, 3.05) is 13.2 Å². The van der Waals surface area contributed by atoms with Gasteiger partial charge in [-0.3, -0.25) is 4.39 Å². The minimum absolute atomic E-state index is 0.286. The topological polar surface area (TPSA) is 35.8 Å². The third-order valence-corrected chi connectivity index (χ3v) is 1.87. The molecular weight excluding hydrogens is 179 g/mol. The highest BCUT2D eigenvalue weighted by Gasteiger charge is 1.94. The number of halogens is 1.